The van der Waals surface area contributed by atoms with Crippen LogP contribution in [0.2, 0.25) is 0 Å². The fourth-order valence-electron chi connectivity index (χ4n) is 0.106. The Morgan fingerprint density at radius 3 is 1.33 bits per heavy atom. The SMILES string of the molecule is O=COC(=O)OC=O.[Ca+2].[Ca+2].[Ca+2].[Ca+2].[H-].[H-].[H-].[H-].[H-].[H-].[H-].[H-]. The van der Waals surface area contributed by atoms with Crippen molar-refractivity contribution in [1.82, 2.24) is 0 Å². The third kappa shape index (κ3) is 23.5. The molecule has 0 aliphatic heterocycles. The van der Waals surface area contributed by atoms with Gasteiger partial charge < -0.3 is 20.9 Å². The molecular weight excluding hydrogens is 276 g/mol. The fourth-order valence-corrected chi connectivity index (χ4v) is 0.106. The molecule has 0 fully saturated rings. The van der Waals surface area contributed by atoms with E-state index >= 15 is 0 Å². The fraction of sp³-hybridized carbons (Fsp3) is 0. The Kier molecular flexibility index (Phi) is 59.4. The van der Waals surface area contributed by atoms with Crippen molar-refractivity contribution in [3.63, 3.8) is 0 Å². The average Bonchev–Trinajstić information content (AvgIpc) is 1.68. The Morgan fingerprint density at radius 2 is 1.17 bits per heavy atom. The molecule has 0 saturated carbocycles. The monoisotopic (exact) mass is 286 g/mol. The number of carbonyl (C=O) groups excluding carboxylic acids is 3. The van der Waals surface area contributed by atoms with E-state index in [1.165, 1.54) is 0 Å². The summed E-state index contributed by atoms with van der Waals surface area (Å²) in [6.07, 6.45) is -1.32. The molecular formula is C3H10Ca4O5. The van der Waals surface area contributed by atoms with Gasteiger partial charge in [0.2, 0.25) is 0 Å². The standard InChI is InChI=1S/C3H2O5.4Ca.8H/c4-1-7-3(6)8-2-5;;;;;;;;;;;;/h1-2H;;;;;;;;;;;;/q;4*+2;8*-1. The summed E-state index contributed by atoms with van der Waals surface area (Å²) in [7, 11) is 0. The Labute approximate surface area is 201 Å². The molecule has 12 heavy (non-hydrogen) atoms. The minimum absolute atomic E-state index is 0. The molecule has 60 valence electrons. The Balaban J connectivity index is -0.00000000371. The summed E-state index contributed by atoms with van der Waals surface area (Å²) in [4.78, 5) is 28.2. The summed E-state index contributed by atoms with van der Waals surface area (Å²) in [5.74, 6) is 0. The molecule has 0 saturated heterocycles. The summed E-state index contributed by atoms with van der Waals surface area (Å²) in [6.45, 7) is -0.266. The van der Waals surface area contributed by atoms with Gasteiger partial charge in [-0.15, -0.1) is 0 Å². The molecule has 0 aromatic rings. The molecule has 0 aromatic heterocycles. The molecule has 0 spiro atoms. The van der Waals surface area contributed by atoms with Gasteiger partial charge >= 0.3 is 170 Å². The molecule has 0 amide bonds. The number of carbonyl (C=O) groups is 3. The molecule has 0 N–H and O–H groups in total. The van der Waals surface area contributed by atoms with E-state index in [4.69, 9.17) is 0 Å². The quantitative estimate of drug-likeness (QED) is 0.277. The van der Waals surface area contributed by atoms with Crippen LogP contribution in [-0.2, 0) is 19.1 Å². The van der Waals surface area contributed by atoms with Crippen molar-refractivity contribution in [3.05, 3.63) is 0 Å². The van der Waals surface area contributed by atoms with Crippen molar-refractivity contribution in [2.45, 2.75) is 0 Å². The van der Waals surface area contributed by atoms with Gasteiger partial charge in [0, 0.05) is 0 Å². The van der Waals surface area contributed by atoms with Crippen molar-refractivity contribution in [3.8, 4) is 0 Å². The van der Waals surface area contributed by atoms with E-state index in [2.05, 4.69) is 9.47 Å². The normalized spacial score (nSPS) is 4.67. The van der Waals surface area contributed by atoms with Crippen LogP contribution in [0.1, 0.15) is 11.4 Å². The van der Waals surface area contributed by atoms with Gasteiger partial charge in [0.15, 0.2) is 0 Å². The summed E-state index contributed by atoms with van der Waals surface area (Å²) in [6, 6.07) is 0. The number of rotatable bonds is 2. The maximum atomic E-state index is 9.74. The van der Waals surface area contributed by atoms with Gasteiger partial charge in [0.1, 0.15) is 0 Å². The third-order valence-electron chi connectivity index (χ3n) is 0.289. The second kappa shape index (κ2) is 24.1. The van der Waals surface area contributed by atoms with E-state index in [0.717, 1.165) is 0 Å². The summed E-state index contributed by atoms with van der Waals surface area (Å²) in [5.41, 5.74) is 0. The molecule has 0 rings (SSSR count). The van der Waals surface area contributed by atoms with E-state index < -0.39 is 6.16 Å². The summed E-state index contributed by atoms with van der Waals surface area (Å²) in [5, 5.41) is 0. The van der Waals surface area contributed by atoms with Crippen molar-refractivity contribution in [1.29, 1.82) is 0 Å². The topological polar surface area (TPSA) is 69.7 Å². The van der Waals surface area contributed by atoms with Gasteiger partial charge in [-0.05, 0) is 0 Å². The first kappa shape index (κ1) is 29.6. The number of hydrogen-bond acceptors (Lipinski definition) is 5. The van der Waals surface area contributed by atoms with Crippen LogP contribution in [0, 0.1) is 0 Å². The minimum atomic E-state index is -1.32. The van der Waals surface area contributed by atoms with Crippen molar-refractivity contribution >= 4 is 170 Å². The zero-order valence-electron chi connectivity index (χ0n) is 14.5. The smallest absolute Gasteiger partial charge is 1.00 e. The Hall–Kier alpha value is 3.65. The van der Waals surface area contributed by atoms with Crippen LogP contribution in [0.15, 0.2) is 0 Å². The van der Waals surface area contributed by atoms with Crippen LogP contribution < -0.4 is 0 Å². The molecule has 0 radical (unpaired) electrons. The van der Waals surface area contributed by atoms with Gasteiger partial charge in [-0.2, -0.15) is 0 Å². The van der Waals surface area contributed by atoms with Crippen LogP contribution in [0.3, 0.4) is 0 Å². The van der Waals surface area contributed by atoms with Crippen LogP contribution >= 0.6 is 0 Å². The van der Waals surface area contributed by atoms with Gasteiger partial charge in [-0.3, -0.25) is 9.59 Å². The maximum Gasteiger partial charge on any atom is 2.00 e. The Bertz CT molecular complexity index is 125. The van der Waals surface area contributed by atoms with Crippen molar-refractivity contribution < 1.29 is 35.3 Å². The number of hydrogen-bond donors (Lipinski definition) is 0. The first-order chi connectivity index (χ1) is 3.81. The van der Waals surface area contributed by atoms with Crippen molar-refractivity contribution in [2.24, 2.45) is 0 Å². The third-order valence-corrected chi connectivity index (χ3v) is 0.289. The zero-order valence-corrected chi connectivity index (χ0v) is 15.4. The van der Waals surface area contributed by atoms with E-state index in [1.807, 2.05) is 0 Å². The number of ether oxygens (including phenoxy) is 2. The Morgan fingerprint density at radius 1 is 0.917 bits per heavy atom. The van der Waals surface area contributed by atoms with E-state index in [1.54, 1.807) is 0 Å². The van der Waals surface area contributed by atoms with Gasteiger partial charge in [0.05, 0.1) is 0 Å². The van der Waals surface area contributed by atoms with Gasteiger partial charge in [-0.25, -0.2) is 4.79 Å². The molecule has 0 bridgehead atoms. The van der Waals surface area contributed by atoms with Gasteiger partial charge in [0.25, 0.3) is 0 Å². The first-order valence-electron chi connectivity index (χ1n) is 1.56. The largest absolute Gasteiger partial charge is 2.00 e. The molecule has 0 aliphatic rings. The van der Waals surface area contributed by atoms with Crippen LogP contribution in [-0.4, -0.2) is 170 Å². The predicted octanol–water partition coefficient (Wildman–Crippen LogP) is -1.17. The molecule has 0 unspecified atom stereocenters. The van der Waals surface area contributed by atoms with Crippen molar-refractivity contribution in [2.75, 3.05) is 0 Å². The average molecular weight is 286 g/mol. The van der Waals surface area contributed by atoms with E-state index in [0.29, 0.717) is 0 Å². The maximum absolute atomic E-state index is 9.74. The second-order valence-corrected chi connectivity index (χ2v) is 0.678. The van der Waals surface area contributed by atoms with Crippen LogP contribution in [0.5, 0.6) is 0 Å². The zero-order chi connectivity index (χ0) is 6.41. The van der Waals surface area contributed by atoms with E-state index in [-0.39, 0.29) is 175 Å². The van der Waals surface area contributed by atoms with E-state index in [9.17, 15) is 14.4 Å². The molecule has 5 nitrogen and oxygen atoms in total. The molecule has 0 aliphatic carbocycles. The van der Waals surface area contributed by atoms with Gasteiger partial charge in [-0.1, -0.05) is 0 Å². The van der Waals surface area contributed by atoms with Crippen LogP contribution in [0.25, 0.3) is 0 Å². The predicted molar refractivity (Wildman–Crippen MR) is 51.6 cm³/mol. The molecule has 0 heterocycles. The van der Waals surface area contributed by atoms with Crippen LogP contribution in [0.4, 0.5) is 4.79 Å². The summed E-state index contributed by atoms with van der Waals surface area (Å²) >= 11 is 0. The molecule has 9 heteroatoms. The second-order valence-electron chi connectivity index (χ2n) is 0.678. The molecule has 0 aromatic carbocycles. The minimum Gasteiger partial charge on any atom is -1.00 e. The summed E-state index contributed by atoms with van der Waals surface area (Å²) < 4.78 is 7.02. The first-order valence-corrected chi connectivity index (χ1v) is 1.56. The molecule has 0 atom stereocenters.